The Kier molecular flexibility index (Phi) is 3.39. The van der Waals surface area contributed by atoms with E-state index >= 15 is 0 Å². The van der Waals surface area contributed by atoms with Crippen LogP contribution in [-0.2, 0) is 0 Å². The average Bonchev–Trinajstić information content (AvgIpc) is 2.34. The van der Waals surface area contributed by atoms with Gasteiger partial charge in [0.05, 0.1) is 0 Å². The Morgan fingerprint density at radius 3 is 1.77 bits per heavy atom. The summed E-state index contributed by atoms with van der Waals surface area (Å²) in [6, 6.07) is 0.759. The second-order valence-corrected chi connectivity index (χ2v) is 5.80. The van der Waals surface area contributed by atoms with Crippen molar-refractivity contribution in [1.82, 2.24) is 4.90 Å². The van der Waals surface area contributed by atoms with Gasteiger partial charge in [0.1, 0.15) is 0 Å². The number of hydrogen-bond donors (Lipinski definition) is 0. The van der Waals surface area contributed by atoms with Gasteiger partial charge in [-0.2, -0.15) is 0 Å². The lowest BCUT2D eigenvalue weighted by atomic mass is 9.79. The third-order valence-electron chi connectivity index (χ3n) is 3.05. The molecular weight excluding hydrogens is 158 g/mol. The van der Waals surface area contributed by atoms with E-state index in [1.54, 1.807) is 0 Å². The lowest BCUT2D eigenvalue weighted by Crippen LogP contribution is -2.45. The highest BCUT2D eigenvalue weighted by atomic mass is 15.2. The maximum absolute atomic E-state index is 2.69. The van der Waals surface area contributed by atoms with Gasteiger partial charge in [0.15, 0.2) is 0 Å². The molecule has 1 saturated heterocycles. The molecule has 0 aromatic heterocycles. The van der Waals surface area contributed by atoms with Crippen molar-refractivity contribution in [2.45, 2.75) is 53.5 Å². The van der Waals surface area contributed by atoms with Crippen molar-refractivity contribution in [3.63, 3.8) is 0 Å². The van der Waals surface area contributed by atoms with E-state index in [0.717, 1.165) is 12.0 Å². The summed E-state index contributed by atoms with van der Waals surface area (Å²) >= 11 is 0. The Balaban J connectivity index is 2.67. The molecule has 1 heterocycles. The molecule has 0 aromatic carbocycles. The zero-order valence-corrected chi connectivity index (χ0v) is 9.93. The molecule has 0 amide bonds. The predicted molar refractivity (Wildman–Crippen MR) is 58.9 cm³/mol. The Labute approximate surface area is 83.5 Å². The highest BCUT2D eigenvalue weighted by Crippen LogP contribution is 2.32. The summed E-state index contributed by atoms with van der Waals surface area (Å²) in [5.74, 6) is 0.776. The molecule has 0 spiro atoms. The standard InChI is InChI=1S/C12H25N/c1-10(2)11(12(3,4)5)13-8-6-7-9-13/h10-11H,6-9H2,1-5H3. The first-order chi connectivity index (χ1) is 5.93. The first-order valence-corrected chi connectivity index (χ1v) is 5.67. The molecule has 0 radical (unpaired) electrons. The summed E-state index contributed by atoms with van der Waals surface area (Å²) in [5, 5.41) is 0. The molecule has 0 bridgehead atoms. The SMILES string of the molecule is CC(C)C(N1CCCC1)C(C)(C)C. The van der Waals surface area contributed by atoms with Crippen molar-refractivity contribution >= 4 is 0 Å². The maximum Gasteiger partial charge on any atom is 0.0167 e. The summed E-state index contributed by atoms with van der Waals surface area (Å²) in [7, 11) is 0. The molecule has 0 N–H and O–H groups in total. The molecule has 1 aliphatic rings. The minimum atomic E-state index is 0.429. The van der Waals surface area contributed by atoms with E-state index in [2.05, 4.69) is 39.5 Å². The normalized spacial score (nSPS) is 22.6. The van der Waals surface area contributed by atoms with Gasteiger partial charge in [-0.3, -0.25) is 4.90 Å². The Morgan fingerprint density at radius 2 is 1.46 bits per heavy atom. The molecule has 0 aliphatic carbocycles. The van der Waals surface area contributed by atoms with Crippen molar-refractivity contribution in [2.24, 2.45) is 11.3 Å². The topological polar surface area (TPSA) is 3.24 Å². The van der Waals surface area contributed by atoms with E-state index in [0.29, 0.717) is 5.41 Å². The number of rotatable bonds is 2. The molecule has 13 heavy (non-hydrogen) atoms. The number of likely N-dealkylation sites (tertiary alicyclic amines) is 1. The van der Waals surface area contributed by atoms with E-state index in [-0.39, 0.29) is 0 Å². The van der Waals surface area contributed by atoms with Gasteiger partial charge in [0.2, 0.25) is 0 Å². The van der Waals surface area contributed by atoms with Crippen molar-refractivity contribution in [1.29, 1.82) is 0 Å². The van der Waals surface area contributed by atoms with Crippen LogP contribution in [0.25, 0.3) is 0 Å². The second kappa shape index (κ2) is 4.00. The van der Waals surface area contributed by atoms with Crippen molar-refractivity contribution in [3.05, 3.63) is 0 Å². The summed E-state index contributed by atoms with van der Waals surface area (Å²) in [4.78, 5) is 2.69. The molecule has 1 aliphatic heterocycles. The number of hydrogen-bond acceptors (Lipinski definition) is 1. The van der Waals surface area contributed by atoms with E-state index < -0.39 is 0 Å². The van der Waals surface area contributed by atoms with Crippen LogP contribution in [0.5, 0.6) is 0 Å². The second-order valence-electron chi connectivity index (χ2n) is 5.80. The fraction of sp³-hybridized carbons (Fsp3) is 1.00. The van der Waals surface area contributed by atoms with Gasteiger partial charge in [-0.15, -0.1) is 0 Å². The highest BCUT2D eigenvalue weighted by molar-refractivity contribution is 4.87. The molecule has 1 rings (SSSR count). The van der Waals surface area contributed by atoms with Gasteiger partial charge in [0, 0.05) is 6.04 Å². The first kappa shape index (κ1) is 11.0. The number of nitrogens with zero attached hydrogens (tertiary/aromatic N) is 1. The van der Waals surface area contributed by atoms with Crippen LogP contribution in [0.3, 0.4) is 0 Å². The monoisotopic (exact) mass is 183 g/mol. The van der Waals surface area contributed by atoms with Gasteiger partial charge in [-0.1, -0.05) is 34.6 Å². The minimum Gasteiger partial charge on any atom is -0.300 e. The Bertz CT molecular complexity index is 149. The Hall–Kier alpha value is -0.0400. The largest absolute Gasteiger partial charge is 0.300 e. The minimum absolute atomic E-state index is 0.429. The zero-order chi connectivity index (χ0) is 10.1. The molecule has 1 nitrogen and oxygen atoms in total. The summed E-state index contributed by atoms with van der Waals surface area (Å²) in [6.07, 6.45) is 2.80. The van der Waals surface area contributed by atoms with Crippen LogP contribution < -0.4 is 0 Å². The summed E-state index contributed by atoms with van der Waals surface area (Å²) in [6.45, 7) is 14.5. The van der Waals surface area contributed by atoms with E-state index in [1.807, 2.05) is 0 Å². The van der Waals surface area contributed by atoms with E-state index in [9.17, 15) is 0 Å². The molecular formula is C12H25N. The zero-order valence-electron chi connectivity index (χ0n) is 9.93. The van der Waals surface area contributed by atoms with Gasteiger partial charge < -0.3 is 0 Å². The fourth-order valence-electron chi connectivity index (χ4n) is 2.99. The maximum atomic E-state index is 2.69. The molecule has 78 valence electrons. The molecule has 1 unspecified atom stereocenters. The van der Waals surface area contributed by atoms with E-state index in [1.165, 1.54) is 25.9 Å². The van der Waals surface area contributed by atoms with Gasteiger partial charge in [-0.25, -0.2) is 0 Å². The van der Waals surface area contributed by atoms with Gasteiger partial charge in [0.25, 0.3) is 0 Å². The average molecular weight is 183 g/mol. The van der Waals surface area contributed by atoms with Crippen LogP contribution in [0.2, 0.25) is 0 Å². The predicted octanol–water partition coefficient (Wildman–Crippen LogP) is 3.15. The quantitative estimate of drug-likeness (QED) is 0.635. The van der Waals surface area contributed by atoms with Crippen LogP contribution >= 0.6 is 0 Å². The third kappa shape index (κ3) is 2.70. The molecule has 0 aromatic rings. The Morgan fingerprint density at radius 1 is 1.00 bits per heavy atom. The molecule has 1 fully saturated rings. The van der Waals surface area contributed by atoms with Crippen molar-refractivity contribution in [2.75, 3.05) is 13.1 Å². The molecule has 0 saturated carbocycles. The first-order valence-electron chi connectivity index (χ1n) is 5.67. The smallest absolute Gasteiger partial charge is 0.0167 e. The van der Waals surface area contributed by atoms with Crippen molar-refractivity contribution < 1.29 is 0 Å². The van der Waals surface area contributed by atoms with Crippen molar-refractivity contribution in [3.8, 4) is 0 Å². The van der Waals surface area contributed by atoms with Crippen LogP contribution in [0.15, 0.2) is 0 Å². The fourth-order valence-corrected chi connectivity index (χ4v) is 2.99. The summed E-state index contributed by atoms with van der Waals surface area (Å²) in [5.41, 5.74) is 0.429. The molecule has 1 heteroatoms. The van der Waals surface area contributed by atoms with Crippen LogP contribution in [0.4, 0.5) is 0 Å². The van der Waals surface area contributed by atoms with E-state index in [4.69, 9.17) is 0 Å². The van der Waals surface area contributed by atoms with Gasteiger partial charge in [-0.05, 0) is 37.3 Å². The van der Waals surface area contributed by atoms with Crippen LogP contribution in [-0.4, -0.2) is 24.0 Å². The molecule has 1 atom stereocenters. The van der Waals surface area contributed by atoms with Crippen LogP contribution in [0, 0.1) is 11.3 Å². The van der Waals surface area contributed by atoms with Gasteiger partial charge >= 0.3 is 0 Å². The summed E-state index contributed by atoms with van der Waals surface area (Å²) < 4.78 is 0. The highest BCUT2D eigenvalue weighted by Gasteiger charge is 2.33. The lowest BCUT2D eigenvalue weighted by Gasteiger charge is -2.41. The lowest BCUT2D eigenvalue weighted by molar-refractivity contribution is 0.0839. The van der Waals surface area contributed by atoms with Crippen LogP contribution in [0.1, 0.15) is 47.5 Å². The third-order valence-corrected chi connectivity index (χ3v) is 3.05.